The molecule has 0 fully saturated rings. The van der Waals surface area contributed by atoms with Crippen molar-refractivity contribution in [1.29, 1.82) is 0 Å². The third kappa shape index (κ3) is 1.53. The fourth-order valence-corrected chi connectivity index (χ4v) is 3.93. The van der Waals surface area contributed by atoms with E-state index in [0.717, 1.165) is 16.0 Å². The molecule has 1 heterocycles. The Bertz CT molecular complexity index is 802. The minimum atomic E-state index is -0.0225. The molecule has 0 saturated carbocycles. The number of carbonyl (C=O) groups is 2. The first-order valence-electron chi connectivity index (χ1n) is 6.43. The lowest BCUT2D eigenvalue weighted by Crippen LogP contribution is -2.02. The maximum atomic E-state index is 12.5. The molecule has 3 heteroatoms. The van der Waals surface area contributed by atoms with E-state index in [1.165, 1.54) is 11.8 Å². The van der Waals surface area contributed by atoms with Crippen LogP contribution in [0.2, 0.25) is 0 Å². The van der Waals surface area contributed by atoms with Crippen LogP contribution >= 0.6 is 11.8 Å². The van der Waals surface area contributed by atoms with Crippen molar-refractivity contribution in [2.75, 3.05) is 0 Å². The van der Waals surface area contributed by atoms with Gasteiger partial charge in [0.1, 0.15) is 0 Å². The third-order valence-corrected chi connectivity index (χ3v) is 4.86. The molecular formula is C17H10O2S. The molecule has 0 aromatic heterocycles. The monoisotopic (exact) mass is 278 g/mol. The number of benzene rings is 2. The second-order valence-electron chi connectivity index (χ2n) is 4.89. The number of rotatable bonds is 0. The first kappa shape index (κ1) is 11.7. The number of ketones is 2. The van der Waals surface area contributed by atoms with Crippen LogP contribution in [0.4, 0.5) is 0 Å². The van der Waals surface area contributed by atoms with E-state index in [9.17, 15) is 9.59 Å². The van der Waals surface area contributed by atoms with Crippen molar-refractivity contribution in [1.82, 2.24) is 0 Å². The molecule has 0 N–H and O–H groups in total. The van der Waals surface area contributed by atoms with Crippen LogP contribution in [0.25, 0.3) is 5.57 Å². The molecule has 4 rings (SSSR count). The lowest BCUT2D eigenvalue weighted by Gasteiger charge is -2.02. The van der Waals surface area contributed by atoms with Crippen molar-refractivity contribution in [3.63, 3.8) is 0 Å². The molecule has 0 bridgehead atoms. The van der Waals surface area contributed by atoms with Gasteiger partial charge in [-0.1, -0.05) is 48.2 Å². The quantitative estimate of drug-likeness (QED) is 0.692. The summed E-state index contributed by atoms with van der Waals surface area (Å²) < 4.78 is 0. The van der Waals surface area contributed by atoms with Crippen LogP contribution in [0, 0.1) is 0 Å². The zero-order valence-electron chi connectivity index (χ0n) is 10.6. The highest BCUT2D eigenvalue weighted by atomic mass is 32.2. The van der Waals surface area contributed by atoms with E-state index in [-0.39, 0.29) is 11.6 Å². The van der Waals surface area contributed by atoms with Gasteiger partial charge < -0.3 is 0 Å². The Hall–Kier alpha value is -2.13. The Labute approximate surface area is 120 Å². The molecule has 20 heavy (non-hydrogen) atoms. The number of fused-ring (bicyclic) bond motifs is 2. The number of carbonyl (C=O) groups excluding carboxylic acids is 2. The average Bonchev–Trinajstić information content (AvgIpc) is 2.96. The minimum absolute atomic E-state index is 0.0225. The van der Waals surface area contributed by atoms with Gasteiger partial charge in [-0.05, 0) is 23.3 Å². The van der Waals surface area contributed by atoms with Crippen LogP contribution in [0.3, 0.4) is 0 Å². The average molecular weight is 278 g/mol. The molecule has 0 spiro atoms. The molecule has 2 nitrogen and oxygen atoms in total. The normalized spacial score (nSPS) is 20.2. The van der Waals surface area contributed by atoms with Crippen molar-refractivity contribution in [2.24, 2.45) is 0 Å². The Morgan fingerprint density at radius 2 is 1.55 bits per heavy atom. The Balaban J connectivity index is 1.94. The van der Waals surface area contributed by atoms with Crippen LogP contribution < -0.4 is 0 Å². The Kier molecular flexibility index (Phi) is 2.44. The second-order valence-corrected chi connectivity index (χ2v) is 5.94. The summed E-state index contributed by atoms with van der Waals surface area (Å²) in [6, 6.07) is 15.2. The summed E-state index contributed by atoms with van der Waals surface area (Å²) in [5, 5.41) is 0. The van der Waals surface area contributed by atoms with Gasteiger partial charge in [0.05, 0.1) is 4.91 Å². The van der Waals surface area contributed by atoms with Gasteiger partial charge in [-0.3, -0.25) is 9.59 Å². The highest BCUT2D eigenvalue weighted by molar-refractivity contribution is 8.05. The molecule has 2 aliphatic rings. The number of Topliss-reactive ketones (excluding diaryl/α,β-unsaturated/α-hetero) is 2. The maximum absolute atomic E-state index is 12.5. The predicted molar refractivity (Wildman–Crippen MR) is 78.7 cm³/mol. The topological polar surface area (TPSA) is 34.1 Å². The van der Waals surface area contributed by atoms with E-state index in [0.29, 0.717) is 22.5 Å². The highest BCUT2D eigenvalue weighted by Crippen LogP contribution is 2.45. The van der Waals surface area contributed by atoms with E-state index in [4.69, 9.17) is 0 Å². The summed E-state index contributed by atoms with van der Waals surface area (Å²) in [6.07, 6.45) is 0.402. The van der Waals surface area contributed by atoms with Crippen LogP contribution in [0.15, 0.2) is 58.3 Å². The molecule has 1 aliphatic heterocycles. The van der Waals surface area contributed by atoms with Gasteiger partial charge in [-0.2, -0.15) is 0 Å². The van der Waals surface area contributed by atoms with Gasteiger partial charge in [0.2, 0.25) is 5.78 Å². The van der Waals surface area contributed by atoms with E-state index >= 15 is 0 Å². The lowest BCUT2D eigenvalue weighted by molar-refractivity contribution is -0.112. The van der Waals surface area contributed by atoms with Crippen LogP contribution in [0.1, 0.15) is 21.5 Å². The van der Waals surface area contributed by atoms with Crippen LogP contribution in [0.5, 0.6) is 0 Å². The summed E-state index contributed by atoms with van der Waals surface area (Å²) in [5.41, 5.74) is 3.24. The van der Waals surface area contributed by atoms with Crippen molar-refractivity contribution >= 4 is 28.9 Å². The third-order valence-electron chi connectivity index (χ3n) is 3.69. The van der Waals surface area contributed by atoms with E-state index in [2.05, 4.69) is 0 Å². The number of thioether (sulfide) groups is 1. The summed E-state index contributed by atoms with van der Waals surface area (Å²) in [7, 11) is 0. The van der Waals surface area contributed by atoms with Gasteiger partial charge >= 0.3 is 0 Å². The van der Waals surface area contributed by atoms with Gasteiger partial charge in [-0.15, -0.1) is 0 Å². The van der Waals surface area contributed by atoms with Crippen molar-refractivity contribution in [3.8, 4) is 0 Å². The van der Waals surface area contributed by atoms with Crippen molar-refractivity contribution in [2.45, 2.75) is 11.3 Å². The molecular weight excluding hydrogens is 268 g/mol. The predicted octanol–water partition coefficient (Wildman–Crippen LogP) is 3.51. The first-order valence-corrected chi connectivity index (χ1v) is 7.24. The fourth-order valence-electron chi connectivity index (χ4n) is 2.77. The standard InChI is InChI=1S/C17H10O2S/c18-13-9-10-5-1-2-6-11(10)15(13)17-16(19)12-7-3-4-8-14(12)20-17/h1-8H,9H2/b17-15+. The zero-order valence-corrected chi connectivity index (χ0v) is 11.4. The highest BCUT2D eigenvalue weighted by Gasteiger charge is 2.34. The van der Waals surface area contributed by atoms with Crippen molar-refractivity contribution < 1.29 is 9.59 Å². The summed E-state index contributed by atoms with van der Waals surface area (Å²) in [4.78, 5) is 26.3. The number of hydrogen-bond donors (Lipinski definition) is 0. The first-order chi connectivity index (χ1) is 9.75. The zero-order chi connectivity index (χ0) is 13.7. The van der Waals surface area contributed by atoms with E-state index in [1.54, 1.807) is 0 Å². The molecule has 1 aliphatic carbocycles. The second kappa shape index (κ2) is 4.18. The SMILES string of the molecule is O=C1Cc2ccccc2/C1=C1\Sc2ccccc2C1=O. The van der Waals surface area contributed by atoms with Crippen molar-refractivity contribution in [3.05, 3.63) is 70.1 Å². The molecule has 0 radical (unpaired) electrons. The number of allylic oxidation sites excluding steroid dienone is 2. The largest absolute Gasteiger partial charge is 0.294 e. The molecule has 0 amide bonds. The van der Waals surface area contributed by atoms with Crippen LogP contribution in [-0.4, -0.2) is 11.6 Å². The summed E-state index contributed by atoms with van der Waals surface area (Å²) in [6.45, 7) is 0. The molecule has 96 valence electrons. The van der Waals surface area contributed by atoms with E-state index < -0.39 is 0 Å². The molecule has 2 aromatic rings. The molecule has 2 aromatic carbocycles. The maximum Gasteiger partial charge on any atom is 0.201 e. The molecule has 0 atom stereocenters. The smallest absolute Gasteiger partial charge is 0.201 e. The van der Waals surface area contributed by atoms with Gasteiger partial charge in [-0.25, -0.2) is 0 Å². The lowest BCUT2D eigenvalue weighted by atomic mass is 10.0. The number of hydrogen-bond acceptors (Lipinski definition) is 3. The molecule has 0 unspecified atom stereocenters. The van der Waals surface area contributed by atoms with Crippen LogP contribution in [-0.2, 0) is 11.2 Å². The Morgan fingerprint density at radius 3 is 2.35 bits per heavy atom. The fraction of sp³-hybridized carbons (Fsp3) is 0.0588. The van der Waals surface area contributed by atoms with E-state index in [1.807, 2.05) is 48.5 Å². The Morgan fingerprint density at radius 1 is 0.850 bits per heavy atom. The summed E-state index contributed by atoms with van der Waals surface area (Å²) >= 11 is 1.42. The van der Waals surface area contributed by atoms with Gasteiger partial charge in [0, 0.05) is 22.5 Å². The van der Waals surface area contributed by atoms with Gasteiger partial charge in [0.15, 0.2) is 5.78 Å². The minimum Gasteiger partial charge on any atom is -0.294 e. The molecule has 0 saturated heterocycles. The summed E-state index contributed by atoms with van der Waals surface area (Å²) in [5.74, 6) is 0.0282. The van der Waals surface area contributed by atoms with Gasteiger partial charge in [0.25, 0.3) is 0 Å².